The molecule has 104 valence electrons. The second-order valence-corrected chi connectivity index (χ2v) is 6.39. The van der Waals surface area contributed by atoms with Gasteiger partial charge in [0, 0.05) is 6.54 Å². The number of aliphatic carboxylic acids is 1. The zero-order valence-electron chi connectivity index (χ0n) is 10.5. The van der Waals surface area contributed by atoms with Crippen LogP contribution in [0.25, 0.3) is 0 Å². The molecule has 0 radical (unpaired) electrons. The molecule has 0 aromatic carbocycles. The largest absolute Gasteiger partial charge is 0.481 e. The third-order valence-electron chi connectivity index (χ3n) is 3.90. The van der Waals surface area contributed by atoms with E-state index >= 15 is 0 Å². The van der Waals surface area contributed by atoms with Crippen molar-refractivity contribution in [3.05, 3.63) is 10.5 Å². The number of hydrogen-bond acceptors (Lipinski definition) is 4. The Kier molecular flexibility index (Phi) is 3.38. The smallest absolute Gasteiger partial charge is 0.343 e. The highest BCUT2D eigenvalue weighted by atomic mass is 32.2. The Bertz CT molecular complexity index is 519. The molecular weight excluding hydrogens is 266 g/mol. The van der Waals surface area contributed by atoms with E-state index in [0.717, 1.165) is 23.6 Å². The fraction of sp³-hybridized carbons (Fsp3) is 0.750. The van der Waals surface area contributed by atoms with Crippen molar-refractivity contribution in [2.45, 2.75) is 37.4 Å². The predicted molar refractivity (Wildman–Crippen MR) is 70.1 cm³/mol. The van der Waals surface area contributed by atoms with E-state index in [0.29, 0.717) is 17.6 Å². The van der Waals surface area contributed by atoms with Crippen molar-refractivity contribution in [2.75, 3.05) is 5.75 Å². The lowest BCUT2D eigenvalue weighted by Crippen LogP contribution is -2.24. The summed E-state index contributed by atoms with van der Waals surface area (Å²) < 4.78 is 1.62. The Morgan fingerprint density at radius 3 is 2.58 bits per heavy atom. The quantitative estimate of drug-likeness (QED) is 0.734. The van der Waals surface area contributed by atoms with Crippen molar-refractivity contribution < 1.29 is 9.90 Å². The zero-order chi connectivity index (χ0) is 13.4. The van der Waals surface area contributed by atoms with Gasteiger partial charge in [0.15, 0.2) is 5.16 Å². The molecule has 2 aliphatic rings. The number of carboxylic acids is 1. The first-order chi connectivity index (χ1) is 9.15. The molecular formula is C12H17N3O3S. The summed E-state index contributed by atoms with van der Waals surface area (Å²) in [6, 6.07) is 0. The molecule has 0 amide bonds. The first kappa shape index (κ1) is 12.8. The van der Waals surface area contributed by atoms with E-state index in [4.69, 9.17) is 5.11 Å². The molecule has 2 N–H and O–H groups in total. The van der Waals surface area contributed by atoms with E-state index < -0.39 is 5.97 Å². The average molecular weight is 283 g/mol. The number of nitrogens with one attached hydrogen (secondary N) is 1. The number of rotatable bonds is 7. The van der Waals surface area contributed by atoms with E-state index in [2.05, 4.69) is 10.2 Å². The van der Waals surface area contributed by atoms with Crippen LogP contribution in [0.5, 0.6) is 0 Å². The number of aromatic amines is 1. The molecule has 19 heavy (non-hydrogen) atoms. The summed E-state index contributed by atoms with van der Waals surface area (Å²) in [4.78, 5) is 22.4. The maximum atomic E-state index is 11.8. The van der Waals surface area contributed by atoms with E-state index in [1.54, 1.807) is 4.57 Å². The maximum Gasteiger partial charge on any atom is 0.343 e. The van der Waals surface area contributed by atoms with Gasteiger partial charge in [-0.3, -0.25) is 9.36 Å². The topological polar surface area (TPSA) is 88.0 Å². The Labute approximate surface area is 114 Å². The lowest BCUT2D eigenvalue weighted by molar-refractivity contribution is -0.133. The second-order valence-electron chi connectivity index (χ2n) is 5.44. The zero-order valence-corrected chi connectivity index (χ0v) is 11.4. The van der Waals surface area contributed by atoms with Gasteiger partial charge in [-0.2, -0.15) is 0 Å². The van der Waals surface area contributed by atoms with Gasteiger partial charge in [-0.05, 0) is 43.4 Å². The molecule has 0 spiro atoms. The number of H-pyrrole nitrogens is 1. The first-order valence-corrected chi connectivity index (χ1v) is 7.63. The third-order valence-corrected chi connectivity index (χ3v) is 4.86. The van der Waals surface area contributed by atoms with Gasteiger partial charge in [0.05, 0.1) is 5.75 Å². The van der Waals surface area contributed by atoms with E-state index in [1.165, 1.54) is 25.7 Å². The van der Waals surface area contributed by atoms with Crippen LogP contribution >= 0.6 is 11.8 Å². The minimum absolute atomic E-state index is 0.0676. The van der Waals surface area contributed by atoms with Crippen LogP contribution in [0.15, 0.2) is 9.95 Å². The summed E-state index contributed by atoms with van der Waals surface area (Å²) in [5.41, 5.74) is -0.223. The Morgan fingerprint density at radius 1 is 1.42 bits per heavy atom. The summed E-state index contributed by atoms with van der Waals surface area (Å²) in [5, 5.41) is 15.6. The number of carbonyl (C=O) groups is 1. The van der Waals surface area contributed by atoms with E-state index in [9.17, 15) is 9.59 Å². The van der Waals surface area contributed by atoms with Crippen molar-refractivity contribution in [2.24, 2.45) is 17.8 Å². The van der Waals surface area contributed by atoms with Gasteiger partial charge in [-0.15, -0.1) is 5.10 Å². The van der Waals surface area contributed by atoms with Gasteiger partial charge in [-0.25, -0.2) is 9.89 Å². The lowest BCUT2D eigenvalue weighted by Gasteiger charge is -2.16. The molecule has 1 heterocycles. The van der Waals surface area contributed by atoms with Crippen molar-refractivity contribution in [1.82, 2.24) is 14.8 Å². The molecule has 7 heteroatoms. The highest BCUT2D eigenvalue weighted by molar-refractivity contribution is 7.99. The molecule has 0 bridgehead atoms. The van der Waals surface area contributed by atoms with Crippen LogP contribution in [0.3, 0.4) is 0 Å². The van der Waals surface area contributed by atoms with Crippen molar-refractivity contribution in [1.29, 1.82) is 0 Å². The van der Waals surface area contributed by atoms with Crippen LogP contribution in [0.4, 0.5) is 0 Å². The van der Waals surface area contributed by atoms with Crippen molar-refractivity contribution >= 4 is 17.7 Å². The van der Waals surface area contributed by atoms with Gasteiger partial charge in [0.1, 0.15) is 0 Å². The predicted octanol–water partition coefficient (Wildman–Crippen LogP) is 1.18. The SMILES string of the molecule is O=C(O)CSc1n[nH]c(=O)n1CC(C1CC1)C1CC1. The highest BCUT2D eigenvalue weighted by Crippen LogP contribution is 2.49. The maximum absolute atomic E-state index is 11.8. The van der Waals surface area contributed by atoms with Gasteiger partial charge >= 0.3 is 11.7 Å². The average Bonchev–Trinajstić information content (AvgIpc) is 3.24. The molecule has 1 aromatic rings. The normalized spacial score (nSPS) is 19.0. The summed E-state index contributed by atoms with van der Waals surface area (Å²) in [5.74, 6) is 1.12. The van der Waals surface area contributed by atoms with Crippen LogP contribution < -0.4 is 5.69 Å². The van der Waals surface area contributed by atoms with Crippen molar-refractivity contribution in [3.63, 3.8) is 0 Å². The van der Waals surface area contributed by atoms with Crippen LogP contribution in [-0.4, -0.2) is 31.6 Å². The van der Waals surface area contributed by atoms with Crippen molar-refractivity contribution in [3.8, 4) is 0 Å². The molecule has 2 saturated carbocycles. The summed E-state index contributed by atoms with van der Waals surface area (Å²) in [7, 11) is 0. The minimum atomic E-state index is -0.895. The Morgan fingerprint density at radius 2 is 2.05 bits per heavy atom. The fourth-order valence-electron chi connectivity index (χ4n) is 2.64. The molecule has 0 aliphatic heterocycles. The van der Waals surface area contributed by atoms with E-state index in [-0.39, 0.29) is 11.4 Å². The Hall–Kier alpha value is -1.24. The molecule has 6 nitrogen and oxygen atoms in total. The fourth-order valence-corrected chi connectivity index (χ4v) is 3.32. The number of aromatic nitrogens is 3. The lowest BCUT2D eigenvalue weighted by atomic mass is 9.98. The summed E-state index contributed by atoms with van der Waals surface area (Å²) in [6.07, 6.45) is 5.08. The monoisotopic (exact) mass is 283 g/mol. The molecule has 2 aliphatic carbocycles. The van der Waals surface area contributed by atoms with Gasteiger partial charge in [0.2, 0.25) is 0 Å². The molecule has 3 rings (SSSR count). The number of thioether (sulfide) groups is 1. The molecule has 1 aromatic heterocycles. The second kappa shape index (κ2) is 5.03. The molecule has 0 atom stereocenters. The van der Waals surface area contributed by atoms with Crippen LogP contribution in [0.2, 0.25) is 0 Å². The third kappa shape index (κ3) is 3.02. The summed E-state index contributed by atoms with van der Waals surface area (Å²) >= 11 is 1.10. The number of nitrogens with zero attached hydrogens (tertiary/aromatic N) is 2. The number of carboxylic acid groups (broad SMARTS) is 1. The molecule has 0 saturated heterocycles. The van der Waals surface area contributed by atoms with E-state index in [1.807, 2.05) is 0 Å². The van der Waals surface area contributed by atoms with Gasteiger partial charge < -0.3 is 5.11 Å². The van der Waals surface area contributed by atoms with Crippen LogP contribution in [-0.2, 0) is 11.3 Å². The van der Waals surface area contributed by atoms with Gasteiger partial charge in [0.25, 0.3) is 0 Å². The van der Waals surface area contributed by atoms with Crippen LogP contribution in [0, 0.1) is 17.8 Å². The number of hydrogen-bond donors (Lipinski definition) is 2. The molecule has 0 unspecified atom stereocenters. The standard InChI is InChI=1S/C12H17N3O3S/c16-10(17)6-19-12-14-13-11(18)15(12)5-9(7-1-2-7)8-3-4-8/h7-9H,1-6H2,(H,13,18)(H,16,17). The summed E-state index contributed by atoms with van der Waals surface area (Å²) in [6.45, 7) is 0.687. The first-order valence-electron chi connectivity index (χ1n) is 6.65. The Balaban J connectivity index is 1.73. The molecule has 2 fully saturated rings. The minimum Gasteiger partial charge on any atom is -0.481 e. The highest BCUT2D eigenvalue weighted by Gasteiger charge is 2.41. The van der Waals surface area contributed by atoms with Crippen LogP contribution in [0.1, 0.15) is 25.7 Å². The van der Waals surface area contributed by atoms with Gasteiger partial charge in [-0.1, -0.05) is 11.8 Å².